The zero-order chi connectivity index (χ0) is 32.3. The number of hydrogen-bond donors (Lipinski definition) is 0. The van der Waals surface area contributed by atoms with Gasteiger partial charge in [0, 0.05) is 59.5 Å². The van der Waals surface area contributed by atoms with E-state index in [0.29, 0.717) is 0 Å². The van der Waals surface area contributed by atoms with E-state index in [4.69, 9.17) is 4.42 Å². The lowest BCUT2D eigenvalue weighted by molar-refractivity contribution is 0.669. The fourth-order valence-electron chi connectivity index (χ4n) is 7.31. The van der Waals surface area contributed by atoms with E-state index in [9.17, 15) is 0 Å². The second kappa shape index (κ2) is 11.2. The Balaban J connectivity index is 1.17. The average molecular weight is 644 g/mol. The van der Waals surface area contributed by atoms with Crippen LogP contribution in [0.5, 0.6) is 0 Å². The molecule has 0 aliphatic carbocycles. The summed E-state index contributed by atoms with van der Waals surface area (Å²) in [6.45, 7) is 0. The zero-order valence-electron chi connectivity index (χ0n) is 26.5. The lowest BCUT2D eigenvalue weighted by Crippen LogP contribution is -2.11. The van der Waals surface area contributed by atoms with E-state index in [1.54, 1.807) is 0 Å². The first-order valence-electron chi connectivity index (χ1n) is 16.6. The highest BCUT2D eigenvalue weighted by molar-refractivity contribution is 7.26. The molecule has 0 spiro atoms. The van der Waals surface area contributed by atoms with Crippen molar-refractivity contribution in [2.75, 3.05) is 4.90 Å². The summed E-state index contributed by atoms with van der Waals surface area (Å²) in [5, 5.41) is 7.34. The molecule has 0 fully saturated rings. The van der Waals surface area contributed by atoms with Gasteiger partial charge in [-0.15, -0.1) is 11.3 Å². The fourth-order valence-corrected chi connectivity index (χ4v) is 8.54. The van der Waals surface area contributed by atoms with Gasteiger partial charge in [0.15, 0.2) is 0 Å². The van der Waals surface area contributed by atoms with E-state index < -0.39 is 0 Å². The molecule has 3 heteroatoms. The molecule has 0 aliphatic heterocycles. The second-order valence-corrected chi connectivity index (χ2v) is 13.6. The maximum absolute atomic E-state index is 6.41. The predicted molar refractivity (Wildman–Crippen MR) is 210 cm³/mol. The topological polar surface area (TPSA) is 16.4 Å². The molecule has 0 atom stereocenters. The van der Waals surface area contributed by atoms with Crippen LogP contribution >= 0.6 is 11.3 Å². The van der Waals surface area contributed by atoms with Crippen molar-refractivity contribution in [1.82, 2.24) is 0 Å². The van der Waals surface area contributed by atoms with Crippen molar-refractivity contribution in [2.45, 2.75) is 0 Å². The molecule has 0 saturated carbocycles. The first-order valence-corrected chi connectivity index (χ1v) is 17.4. The summed E-state index contributed by atoms with van der Waals surface area (Å²) in [5.74, 6) is 0. The van der Waals surface area contributed by atoms with Gasteiger partial charge in [-0.05, 0) is 70.4 Å². The van der Waals surface area contributed by atoms with Gasteiger partial charge in [-0.2, -0.15) is 0 Å². The van der Waals surface area contributed by atoms with Crippen LogP contribution in [0.3, 0.4) is 0 Å². The van der Waals surface area contributed by atoms with Crippen molar-refractivity contribution in [3.05, 3.63) is 176 Å². The molecule has 0 saturated heterocycles. The molecule has 2 heterocycles. The predicted octanol–water partition coefficient (Wildman–Crippen LogP) is 13.9. The molecule has 10 rings (SSSR count). The molecule has 0 unspecified atom stereocenters. The standard InChI is InChI=1S/C46H29NOS/c1-2-11-32-28-33(21-20-30(32)10-1)31-22-24-34(25-23-31)47(35-26-27-38-37-13-4-7-18-43(37)48-44(38)29-35)42-17-6-3-12-36(42)40-15-9-16-41-39-14-5-8-19-45(39)49-46(40)41/h1-29H. The van der Waals surface area contributed by atoms with Crippen molar-refractivity contribution in [2.24, 2.45) is 0 Å². The highest BCUT2D eigenvalue weighted by Crippen LogP contribution is 2.46. The summed E-state index contributed by atoms with van der Waals surface area (Å²) in [5.41, 5.74) is 9.82. The summed E-state index contributed by atoms with van der Waals surface area (Å²) in [6.07, 6.45) is 0. The number of benzene rings is 8. The molecule has 0 radical (unpaired) electrons. The van der Waals surface area contributed by atoms with Crippen LogP contribution in [0.1, 0.15) is 0 Å². The van der Waals surface area contributed by atoms with Gasteiger partial charge < -0.3 is 9.32 Å². The Labute approximate surface area is 287 Å². The quantitative estimate of drug-likeness (QED) is 0.186. The fraction of sp³-hybridized carbons (Fsp3) is 0. The monoisotopic (exact) mass is 643 g/mol. The number of anilines is 3. The zero-order valence-corrected chi connectivity index (χ0v) is 27.3. The molecule has 0 amide bonds. The SMILES string of the molecule is c1ccc(N(c2ccc(-c3ccc4ccccc4c3)cc2)c2ccc3c(c2)oc2ccccc23)c(-c2cccc3c2sc2ccccc23)c1. The molecular weight excluding hydrogens is 615 g/mol. The summed E-state index contributed by atoms with van der Waals surface area (Å²) in [4.78, 5) is 2.37. The molecule has 0 aliphatic rings. The van der Waals surface area contributed by atoms with E-state index in [-0.39, 0.29) is 0 Å². The van der Waals surface area contributed by atoms with E-state index in [1.807, 2.05) is 23.5 Å². The third-order valence-electron chi connectivity index (χ3n) is 9.67. The van der Waals surface area contributed by atoms with Crippen molar-refractivity contribution in [3.8, 4) is 22.3 Å². The first kappa shape index (κ1) is 27.9. The Bertz CT molecular complexity index is 2840. The van der Waals surface area contributed by atoms with Crippen LogP contribution in [-0.4, -0.2) is 0 Å². The van der Waals surface area contributed by atoms with Gasteiger partial charge in [-0.3, -0.25) is 0 Å². The third-order valence-corrected chi connectivity index (χ3v) is 10.9. The molecular formula is C46H29NOS. The highest BCUT2D eigenvalue weighted by atomic mass is 32.1. The van der Waals surface area contributed by atoms with Crippen LogP contribution in [0, 0.1) is 0 Å². The number of hydrogen-bond acceptors (Lipinski definition) is 3. The Morgan fingerprint density at radius 1 is 0.408 bits per heavy atom. The average Bonchev–Trinajstić information content (AvgIpc) is 3.73. The largest absolute Gasteiger partial charge is 0.456 e. The lowest BCUT2D eigenvalue weighted by atomic mass is 9.98. The maximum Gasteiger partial charge on any atom is 0.137 e. The second-order valence-electron chi connectivity index (χ2n) is 12.5. The highest BCUT2D eigenvalue weighted by Gasteiger charge is 2.21. The van der Waals surface area contributed by atoms with E-state index in [0.717, 1.165) is 39.0 Å². The van der Waals surface area contributed by atoms with Gasteiger partial charge >= 0.3 is 0 Å². The maximum atomic E-state index is 6.41. The van der Waals surface area contributed by atoms with Crippen LogP contribution in [0.2, 0.25) is 0 Å². The van der Waals surface area contributed by atoms with Gasteiger partial charge in [0.1, 0.15) is 11.2 Å². The Morgan fingerprint density at radius 2 is 1.08 bits per heavy atom. The van der Waals surface area contributed by atoms with Crippen LogP contribution in [0.25, 0.3) is 75.1 Å². The van der Waals surface area contributed by atoms with Crippen molar-refractivity contribution in [1.29, 1.82) is 0 Å². The van der Waals surface area contributed by atoms with E-state index in [2.05, 4.69) is 169 Å². The summed E-state index contributed by atoms with van der Waals surface area (Å²) >= 11 is 1.87. The minimum Gasteiger partial charge on any atom is -0.456 e. The number of rotatable bonds is 5. The Kier molecular flexibility index (Phi) is 6.39. The lowest BCUT2D eigenvalue weighted by Gasteiger charge is -2.28. The summed E-state index contributed by atoms with van der Waals surface area (Å²) in [6, 6.07) is 63.2. The molecule has 8 aromatic carbocycles. The van der Waals surface area contributed by atoms with Gasteiger partial charge in [-0.1, -0.05) is 121 Å². The van der Waals surface area contributed by atoms with Gasteiger partial charge in [0.25, 0.3) is 0 Å². The Morgan fingerprint density at radius 3 is 2.00 bits per heavy atom. The third kappa shape index (κ3) is 4.62. The number of para-hydroxylation sites is 2. The molecule has 10 aromatic rings. The van der Waals surface area contributed by atoms with Crippen molar-refractivity contribution in [3.63, 3.8) is 0 Å². The van der Waals surface area contributed by atoms with Crippen LogP contribution in [-0.2, 0) is 0 Å². The van der Waals surface area contributed by atoms with E-state index in [1.165, 1.54) is 53.2 Å². The van der Waals surface area contributed by atoms with E-state index >= 15 is 0 Å². The normalized spacial score (nSPS) is 11.7. The summed E-state index contributed by atoms with van der Waals surface area (Å²) in [7, 11) is 0. The van der Waals surface area contributed by atoms with Gasteiger partial charge in [0.2, 0.25) is 0 Å². The molecule has 2 nitrogen and oxygen atoms in total. The Hall–Kier alpha value is -6.16. The van der Waals surface area contributed by atoms with Crippen molar-refractivity contribution < 1.29 is 4.42 Å². The van der Waals surface area contributed by atoms with Crippen LogP contribution < -0.4 is 4.90 Å². The minimum atomic E-state index is 0.876. The molecule has 49 heavy (non-hydrogen) atoms. The molecule has 230 valence electrons. The number of thiophene rings is 1. The van der Waals surface area contributed by atoms with Gasteiger partial charge in [0.05, 0.1) is 5.69 Å². The van der Waals surface area contributed by atoms with Crippen LogP contribution in [0.15, 0.2) is 180 Å². The first-order chi connectivity index (χ1) is 24.3. The smallest absolute Gasteiger partial charge is 0.137 e. The number of furan rings is 1. The number of nitrogens with zero attached hydrogens (tertiary/aromatic N) is 1. The molecule has 2 aromatic heterocycles. The van der Waals surface area contributed by atoms with Crippen LogP contribution in [0.4, 0.5) is 17.1 Å². The molecule has 0 N–H and O–H groups in total. The minimum absolute atomic E-state index is 0.876. The number of fused-ring (bicyclic) bond motifs is 7. The van der Waals surface area contributed by atoms with Gasteiger partial charge in [-0.25, -0.2) is 0 Å². The summed E-state index contributed by atoms with van der Waals surface area (Å²) < 4.78 is 9.01. The van der Waals surface area contributed by atoms with Crippen molar-refractivity contribution >= 4 is 81.3 Å². The molecule has 0 bridgehead atoms.